The van der Waals surface area contributed by atoms with Gasteiger partial charge in [0.25, 0.3) is 0 Å². The SMILES string of the molecule is FC(F)(F)CN1CCC(CNCc2ccccn2)C1. The zero-order chi connectivity index (χ0) is 13.7. The highest BCUT2D eigenvalue weighted by Gasteiger charge is 2.34. The van der Waals surface area contributed by atoms with Crippen molar-refractivity contribution in [3.63, 3.8) is 0 Å². The number of halogens is 3. The second-order valence-corrected chi connectivity index (χ2v) is 4.96. The van der Waals surface area contributed by atoms with Gasteiger partial charge in [0.2, 0.25) is 0 Å². The van der Waals surface area contributed by atoms with E-state index < -0.39 is 12.7 Å². The Bertz CT molecular complexity index is 380. The third kappa shape index (κ3) is 5.16. The van der Waals surface area contributed by atoms with Crippen LogP contribution < -0.4 is 5.32 Å². The van der Waals surface area contributed by atoms with Crippen LogP contribution in [-0.2, 0) is 6.54 Å². The number of alkyl halides is 3. The van der Waals surface area contributed by atoms with Crippen LogP contribution in [-0.4, -0.2) is 42.2 Å². The molecule has 0 spiro atoms. The van der Waals surface area contributed by atoms with E-state index in [-0.39, 0.29) is 0 Å². The molecule has 1 atom stereocenters. The summed E-state index contributed by atoms with van der Waals surface area (Å²) < 4.78 is 36.7. The zero-order valence-electron chi connectivity index (χ0n) is 10.7. The highest BCUT2D eigenvalue weighted by atomic mass is 19.4. The first-order valence-corrected chi connectivity index (χ1v) is 6.43. The molecule has 0 radical (unpaired) electrons. The fraction of sp³-hybridized carbons (Fsp3) is 0.615. The lowest BCUT2D eigenvalue weighted by molar-refractivity contribution is -0.143. The molecule has 0 aliphatic carbocycles. The predicted octanol–water partition coefficient (Wildman–Crippen LogP) is 2.06. The molecule has 1 unspecified atom stereocenters. The van der Waals surface area contributed by atoms with Crippen molar-refractivity contribution < 1.29 is 13.2 Å². The van der Waals surface area contributed by atoms with Crippen LogP contribution in [0.1, 0.15) is 12.1 Å². The topological polar surface area (TPSA) is 28.2 Å². The highest BCUT2D eigenvalue weighted by molar-refractivity contribution is 5.02. The first kappa shape index (κ1) is 14.3. The van der Waals surface area contributed by atoms with Gasteiger partial charge in [0.1, 0.15) is 0 Å². The molecule has 0 bridgehead atoms. The maximum absolute atomic E-state index is 12.2. The molecule has 0 saturated carbocycles. The van der Waals surface area contributed by atoms with E-state index >= 15 is 0 Å². The van der Waals surface area contributed by atoms with Gasteiger partial charge < -0.3 is 5.32 Å². The monoisotopic (exact) mass is 273 g/mol. The molecule has 106 valence electrons. The van der Waals surface area contributed by atoms with Crippen LogP contribution in [0.3, 0.4) is 0 Å². The number of nitrogens with one attached hydrogen (secondary N) is 1. The van der Waals surface area contributed by atoms with E-state index in [1.165, 1.54) is 4.90 Å². The van der Waals surface area contributed by atoms with Gasteiger partial charge in [0.15, 0.2) is 0 Å². The number of pyridine rings is 1. The van der Waals surface area contributed by atoms with E-state index in [2.05, 4.69) is 10.3 Å². The molecule has 3 nitrogen and oxygen atoms in total. The predicted molar refractivity (Wildman–Crippen MR) is 66.5 cm³/mol. The van der Waals surface area contributed by atoms with Crippen molar-refractivity contribution in [1.82, 2.24) is 15.2 Å². The van der Waals surface area contributed by atoms with Gasteiger partial charge >= 0.3 is 6.18 Å². The average molecular weight is 273 g/mol. The largest absolute Gasteiger partial charge is 0.401 e. The van der Waals surface area contributed by atoms with E-state index in [1.807, 2.05) is 18.2 Å². The van der Waals surface area contributed by atoms with Crippen molar-refractivity contribution in [1.29, 1.82) is 0 Å². The van der Waals surface area contributed by atoms with Crippen LogP contribution in [0, 0.1) is 5.92 Å². The van der Waals surface area contributed by atoms with E-state index in [4.69, 9.17) is 0 Å². The zero-order valence-corrected chi connectivity index (χ0v) is 10.7. The van der Waals surface area contributed by atoms with Gasteiger partial charge in [-0.3, -0.25) is 9.88 Å². The summed E-state index contributed by atoms with van der Waals surface area (Å²) in [6.45, 7) is 1.68. The summed E-state index contributed by atoms with van der Waals surface area (Å²) >= 11 is 0. The van der Waals surface area contributed by atoms with Gasteiger partial charge in [0.05, 0.1) is 12.2 Å². The Labute approximate surface area is 110 Å². The fourth-order valence-electron chi connectivity index (χ4n) is 2.38. The Morgan fingerprint density at radius 1 is 1.37 bits per heavy atom. The molecule has 0 amide bonds. The van der Waals surface area contributed by atoms with Gasteiger partial charge in [-0.25, -0.2) is 0 Å². The standard InChI is InChI=1S/C13H18F3N3/c14-13(15,16)10-19-6-4-11(9-19)7-17-8-12-3-1-2-5-18-12/h1-3,5,11,17H,4,6-10H2. The second-order valence-electron chi connectivity index (χ2n) is 4.96. The minimum atomic E-state index is -4.09. The number of aromatic nitrogens is 1. The number of hydrogen-bond donors (Lipinski definition) is 1. The van der Waals surface area contributed by atoms with Crippen LogP contribution in [0.5, 0.6) is 0 Å². The Balaban J connectivity index is 1.66. The first-order chi connectivity index (χ1) is 9.03. The number of hydrogen-bond acceptors (Lipinski definition) is 3. The number of nitrogens with zero attached hydrogens (tertiary/aromatic N) is 2. The molecule has 1 aliphatic heterocycles. The van der Waals surface area contributed by atoms with E-state index in [0.717, 1.165) is 18.7 Å². The molecule has 1 N–H and O–H groups in total. The van der Waals surface area contributed by atoms with Crippen molar-refractivity contribution in [2.75, 3.05) is 26.2 Å². The Morgan fingerprint density at radius 3 is 2.89 bits per heavy atom. The van der Waals surface area contributed by atoms with Crippen molar-refractivity contribution in [2.45, 2.75) is 19.1 Å². The lowest BCUT2D eigenvalue weighted by atomic mass is 10.1. The molecule has 1 fully saturated rings. The minimum absolute atomic E-state index is 0.297. The number of likely N-dealkylation sites (tertiary alicyclic amines) is 1. The summed E-state index contributed by atoms with van der Waals surface area (Å²) in [5.41, 5.74) is 0.952. The smallest absolute Gasteiger partial charge is 0.311 e. The quantitative estimate of drug-likeness (QED) is 0.890. The summed E-state index contributed by atoms with van der Waals surface area (Å²) in [5, 5.41) is 3.26. The average Bonchev–Trinajstić information content (AvgIpc) is 2.76. The molecule has 1 aromatic rings. The summed E-state index contributed by atoms with van der Waals surface area (Å²) in [4.78, 5) is 5.66. The van der Waals surface area contributed by atoms with E-state index in [9.17, 15) is 13.2 Å². The molecule has 19 heavy (non-hydrogen) atoms. The summed E-state index contributed by atoms with van der Waals surface area (Å²) in [6.07, 6.45) is -1.53. The lowest BCUT2D eigenvalue weighted by Gasteiger charge is -2.17. The van der Waals surface area contributed by atoms with Gasteiger partial charge in [0, 0.05) is 19.3 Å². The lowest BCUT2D eigenvalue weighted by Crippen LogP contribution is -2.33. The van der Waals surface area contributed by atoms with Crippen molar-refractivity contribution in [3.05, 3.63) is 30.1 Å². The third-order valence-corrected chi connectivity index (χ3v) is 3.24. The van der Waals surface area contributed by atoms with Gasteiger partial charge in [-0.1, -0.05) is 6.07 Å². The van der Waals surface area contributed by atoms with Crippen LogP contribution in [0.15, 0.2) is 24.4 Å². The second kappa shape index (κ2) is 6.34. The molecule has 1 saturated heterocycles. The van der Waals surface area contributed by atoms with Crippen LogP contribution >= 0.6 is 0 Å². The Morgan fingerprint density at radius 2 is 2.21 bits per heavy atom. The van der Waals surface area contributed by atoms with Gasteiger partial charge in [-0.05, 0) is 37.6 Å². The third-order valence-electron chi connectivity index (χ3n) is 3.24. The first-order valence-electron chi connectivity index (χ1n) is 6.43. The van der Waals surface area contributed by atoms with Gasteiger partial charge in [-0.15, -0.1) is 0 Å². The molecule has 6 heteroatoms. The molecule has 1 aromatic heterocycles. The Kier molecular flexibility index (Phi) is 4.76. The molecule has 2 heterocycles. The molecule has 1 aliphatic rings. The fourth-order valence-corrected chi connectivity index (χ4v) is 2.38. The maximum Gasteiger partial charge on any atom is 0.401 e. The van der Waals surface area contributed by atoms with Crippen molar-refractivity contribution >= 4 is 0 Å². The summed E-state index contributed by atoms with van der Waals surface area (Å²) in [6, 6.07) is 5.71. The van der Waals surface area contributed by atoms with Gasteiger partial charge in [-0.2, -0.15) is 13.2 Å². The van der Waals surface area contributed by atoms with Crippen molar-refractivity contribution in [2.24, 2.45) is 5.92 Å². The molecular weight excluding hydrogens is 255 g/mol. The number of rotatable bonds is 5. The van der Waals surface area contributed by atoms with Crippen LogP contribution in [0.4, 0.5) is 13.2 Å². The molecular formula is C13H18F3N3. The molecule has 0 aromatic carbocycles. The maximum atomic E-state index is 12.2. The van der Waals surface area contributed by atoms with E-state index in [0.29, 0.717) is 25.6 Å². The highest BCUT2D eigenvalue weighted by Crippen LogP contribution is 2.22. The normalized spacial score (nSPS) is 20.9. The minimum Gasteiger partial charge on any atom is -0.311 e. The molecule has 2 rings (SSSR count). The summed E-state index contributed by atoms with van der Waals surface area (Å²) in [5.74, 6) is 0.297. The van der Waals surface area contributed by atoms with Crippen molar-refractivity contribution in [3.8, 4) is 0 Å². The van der Waals surface area contributed by atoms with E-state index in [1.54, 1.807) is 6.20 Å². The van der Waals surface area contributed by atoms with Crippen LogP contribution in [0.2, 0.25) is 0 Å². The summed E-state index contributed by atoms with van der Waals surface area (Å²) in [7, 11) is 0. The van der Waals surface area contributed by atoms with Crippen LogP contribution in [0.25, 0.3) is 0 Å². The Hall–Kier alpha value is -1.14.